The SMILES string of the molecule is NNC(CC1CCC1)c1csc(Br)c1. The van der Waals surface area contributed by atoms with Crippen molar-refractivity contribution in [3.63, 3.8) is 0 Å². The lowest BCUT2D eigenvalue weighted by atomic mass is 9.80. The molecular weight excluding hydrogens is 260 g/mol. The molecule has 1 heterocycles. The molecule has 78 valence electrons. The molecule has 2 nitrogen and oxygen atoms in total. The molecule has 0 aliphatic heterocycles. The Morgan fingerprint density at radius 3 is 2.86 bits per heavy atom. The number of nitrogens with two attached hydrogens (primary N) is 1. The van der Waals surface area contributed by atoms with Gasteiger partial charge in [0.2, 0.25) is 0 Å². The second kappa shape index (κ2) is 4.75. The third-order valence-electron chi connectivity index (χ3n) is 2.99. The van der Waals surface area contributed by atoms with Crippen LogP contribution in [0, 0.1) is 5.92 Å². The van der Waals surface area contributed by atoms with E-state index in [1.54, 1.807) is 11.3 Å². The second-order valence-corrected chi connectivity index (χ2v) is 6.23. The lowest BCUT2D eigenvalue weighted by molar-refractivity contribution is 0.262. The molecule has 1 saturated carbocycles. The Kier molecular flexibility index (Phi) is 3.60. The van der Waals surface area contributed by atoms with Crippen molar-refractivity contribution in [2.45, 2.75) is 31.7 Å². The summed E-state index contributed by atoms with van der Waals surface area (Å²) in [5.41, 5.74) is 4.23. The average Bonchev–Trinajstić information content (AvgIpc) is 2.50. The van der Waals surface area contributed by atoms with Gasteiger partial charge < -0.3 is 0 Å². The molecule has 1 aliphatic rings. The second-order valence-electron chi connectivity index (χ2n) is 3.94. The summed E-state index contributed by atoms with van der Waals surface area (Å²) in [7, 11) is 0. The van der Waals surface area contributed by atoms with E-state index >= 15 is 0 Å². The van der Waals surface area contributed by atoms with Gasteiger partial charge >= 0.3 is 0 Å². The summed E-state index contributed by atoms with van der Waals surface area (Å²) in [5.74, 6) is 6.46. The molecule has 1 aromatic heterocycles. The predicted molar refractivity (Wildman–Crippen MR) is 64.0 cm³/mol. The molecule has 1 aliphatic carbocycles. The first-order chi connectivity index (χ1) is 6.79. The van der Waals surface area contributed by atoms with E-state index in [2.05, 4.69) is 32.8 Å². The summed E-state index contributed by atoms with van der Waals surface area (Å²) in [6, 6.07) is 2.50. The summed E-state index contributed by atoms with van der Waals surface area (Å²) in [4.78, 5) is 0. The van der Waals surface area contributed by atoms with E-state index < -0.39 is 0 Å². The third kappa shape index (κ3) is 2.37. The van der Waals surface area contributed by atoms with Gasteiger partial charge in [-0.15, -0.1) is 11.3 Å². The van der Waals surface area contributed by atoms with Crippen LogP contribution < -0.4 is 11.3 Å². The Hall–Kier alpha value is 0.100. The summed E-state index contributed by atoms with van der Waals surface area (Å²) >= 11 is 5.20. The van der Waals surface area contributed by atoms with Crippen molar-refractivity contribution in [2.24, 2.45) is 11.8 Å². The van der Waals surface area contributed by atoms with Crippen molar-refractivity contribution in [1.82, 2.24) is 5.43 Å². The Morgan fingerprint density at radius 2 is 2.43 bits per heavy atom. The fraction of sp³-hybridized carbons (Fsp3) is 0.600. The zero-order valence-electron chi connectivity index (χ0n) is 8.00. The number of halogens is 1. The Balaban J connectivity index is 1.97. The highest BCUT2D eigenvalue weighted by molar-refractivity contribution is 9.11. The Morgan fingerprint density at radius 1 is 1.64 bits per heavy atom. The fourth-order valence-corrected chi connectivity index (χ4v) is 3.10. The highest BCUT2D eigenvalue weighted by Crippen LogP contribution is 2.36. The van der Waals surface area contributed by atoms with Gasteiger partial charge in [0.15, 0.2) is 0 Å². The fourth-order valence-electron chi connectivity index (χ4n) is 1.87. The van der Waals surface area contributed by atoms with E-state index in [-0.39, 0.29) is 0 Å². The van der Waals surface area contributed by atoms with E-state index in [0.29, 0.717) is 6.04 Å². The highest BCUT2D eigenvalue weighted by Gasteiger charge is 2.22. The van der Waals surface area contributed by atoms with Crippen LogP contribution in [0.25, 0.3) is 0 Å². The molecule has 2 rings (SSSR count). The number of rotatable bonds is 4. The lowest BCUT2D eigenvalue weighted by Crippen LogP contribution is -2.30. The number of thiophene rings is 1. The quantitative estimate of drug-likeness (QED) is 0.654. The van der Waals surface area contributed by atoms with Gasteiger partial charge in [0, 0.05) is 6.04 Å². The van der Waals surface area contributed by atoms with Crippen LogP contribution in [0.2, 0.25) is 0 Å². The summed E-state index contributed by atoms with van der Waals surface area (Å²) < 4.78 is 1.18. The lowest BCUT2D eigenvalue weighted by Gasteiger charge is -2.29. The summed E-state index contributed by atoms with van der Waals surface area (Å²) in [5, 5.41) is 2.17. The monoisotopic (exact) mass is 274 g/mol. The van der Waals surface area contributed by atoms with Crippen molar-refractivity contribution >= 4 is 27.3 Å². The van der Waals surface area contributed by atoms with Crippen molar-refractivity contribution in [3.8, 4) is 0 Å². The first-order valence-electron chi connectivity index (χ1n) is 4.99. The number of nitrogens with one attached hydrogen (secondary N) is 1. The molecule has 0 aromatic carbocycles. The van der Waals surface area contributed by atoms with Gasteiger partial charge in [0.25, 0.3) is 0 Å². The first kappa shape index (κ1) is 10.6. The van der Waals surface area contributed by atoms with Gasteiger partial charge in [-0.25, -0.2) is 0 Å². The topological polar surface area (TPSA) is 38.0 Å². The van der Waals surface area contributed by atoms with E-state index in [1.165, 1.54) is 35.0 Å². The van der Waals surface area contributed by atoms with Crippen LogP contribution in [-0.2, 0) is 0 Å². The minimum absolute atomic E-state index is 0.336. The molecule has 1 aromatic rings. The molecule has 1 unspecified atom stereocenters. The van der Waals surface area contributed by atoms with Crippen molar-refractivity contribution in [1.29, 1.82) is 0 Å². The van der Waals surface area contributed by atoms with Gasteiger partial charge in [0.05, 0.1) is 3.79 Å². The molecule has 0 bridgehead atoms. The van der Waals surface area contributed by atoms with E-state index in [9.17, 15) is 0 Å². The largest absolute Gasteiger partial charge is 0.271 e. The van der Waals surface area contributed by atoms with Crippen molar-refractivity contribution < 1.29 is 0 Å². The van der Waals surface area contributed by atoms with E-state index in [0.717, 1.165) is 5.92 Å². The van der Waals surface area contributed by atoms with Gasteiger partial charge in [0.1, 0.15) is 0 Å². The van der Waals surface area contributed by atoms with Crippen LogP contribution in [-0.4, -0.2) is 0 Å². The van der Waals surface area contributed by atoms with Crippen LogP contribution >= 0.6 is 27.3 Å². The van der Waals surface area contributed by atoms with E-state index in [4.69, 9.17) is 5.84 Å². The van der Waals surface area contributed by atoms with Crippen molar-refractivity contribution in [3.05, 3.63) is 20.8 Å². The molecule has 0 radical (unpaired) electrons. The molecule has 3 N–H and O–H groups in total. The van der Waals surface area contributed by atoms with Gasteiger partial charge in [-0.2, -0.15) is 0 Å². The molecule has 4 heteroatoms. The molecule has 1 fully saturated rings. The minimum atomic E-state index is 0.336. The zero-order chi connectivity index (χ0) is 9.97. The zero-order valence-corrected chi connectivity index (χ0v) is 10.4. The summed E-state index contributed by atoms with van der Waals surface area (Å²) in [6.07, 6.45) is 5.34. The Labute approximate surface area is 97.0 Å². The maximum atomic E-state index is 5.58. The first-order valence-corrected chi connectivity index (χ1v) is 6.67. The number of hydrogen-bond acceptors (Lipinski definition) is 3. The van der Waals surface area contributed by atoms with Crippen LogP contribution in [0.15, 0.2) is 15.2 Å². The summed E-state index contributed by atoms with van der Waals surface area (Å²) in [6.45, 7) is 0. The van der Waals surface area contributed by atoms with Crippen LogP contribution in [0.4, 0.5) is 0 Å². The smallest absolute Gasteiger partial charge is 0.0701 e. The highest BCUT2D eigenvalue weighted by atomic mass is 79.9. The van der Waals surface area contributed by atoms with Crippen LogP contribution in [0.5, 0.6) is 0 Å². The molecule has 0 spiro atoms. The maximum absolute atomic E-state index is 5.58. The van der Waals surface area contributed by atoms with Gasteiger partial charge in [-0.1, -0.05) is 19.3 Å². The van der Waals surface area contributed by atoms with Crippen LogP contribution in [0.1, 0.15) is 37.3 Å². The third-order valence-corrected chi connectivity index (χ3v) is 4.51. The molecule has 0 saturated heterocycles. The van der Waals surface area contributed by atoms with Gasteiger partial charge in [-0.3, -0.25) is 11.3 Å². The molecular formula is C10H15BrN2S. The standard InChI is InChI=1S/C10H15BrN2S/c11-10-5-8(6-14-10)9(13-12)4-7-2-1-3-7/h5-7,9,13H,1-4,12H2. The Bertz CT molecular complexity index is 296. The number of hydrazine groups is 1. The minimum Gasteiger partial charge on any atom is -0.271 e. The molecule has 14 heavy (non-hydrogen) atoms. The van der Waals surface area contributed by atoms with Crippen LogP contribution in [0.3, 0.4) is 0 Å². The normalized spacial score (nSPS) is 19.3. The molecule has 0 amide bonds. The number of hydrogen-bond donors (Lipinski definition) is 2. The van der Waals surface area contributed by atoms with Gasteiger partial charge in [-0.05, 0) is 45.3 Å². The maximum Gasteiger partial charge on any atom is 0.0701 e. The molecule has 1 atom stereocenters. The predicted octanol–water partition coefficient (Wildman–Crippen LogP) is 3.21. The van der Waals surface area contributed by atoms with E-state index in [1.807, 2.05) is 0 Å². The van der Waals surface area contributed by atoms with Crippen molar-refractivity contribution in [2.75, 3.05) is 0 Å². The average molecular weight is 275 g/mol.